The smallest absolute Gasteiger partial charge is 0.205 e. The van der Waals surface area contributed by atoms with E-state index in [1.54, 1.807) is 5.51 Å². The highest BCUT2D eigenvalue weighted by molar-refractivity contribution is 7.13. The molecule has 1 N–H and O–H groups in total. The average molecular weight is 293 g/mol. The molecule has 3 aromatic rings. The lowest BCUT2D eigenvalue weighted by molar-refractivity contribution is 0.871. The molecule has 0 saturated heterocycles. The van der Waals surface area contributed by atoms with Crippen LogP contribution >= 0.6 is 11.3 Å². The van der Waals surface area contributed by atoms with Crippen LogP contribution in [0.3, 0.4) is 0 Å². The van der Waals surface area contributed by atoms with Gasteiger partial charge in [0, 0.05) is 0 Å². The van der Waals surface area contributed by atoms with Gasteiger partial charge in [-0.25, -0.2) is 0 Å². The standard InChI is InChI=1S/C17H15N3S/c1-11(19-17-20-18-10-21-17)12-6-7-16-14(8-12)9-13-4-2-3-5-15(13)16/h2-8,10-11H,9H2,1H3,(H,19,20). The lowest BCUT2D eigenvalue weighted by Crippen LogP contribution is -2.06. The van der Waals surface area contributed by atoms with Crippen molar-refractivity contribution in [2.45, 2.75) is 19.4 Å². The Morgan fingerprint density at radius 1 is 1.10 bits per heavy atom. The first kappa shape index (κ1) is 12.5. The summed E-state index contributed by atoms with van der Waals surface area (Å²) in [6, 6.07) is 15.7. The van der Waals surface area contributed by atoms with Crippen LogP contribution in [0.4, 0.5) is 5.13 Å². The number of fused-ring (bicyclic) bond motifs is 3. The molecule has 1 heterocycles. The van der Waals surface area contributed by atoms with E-state index >= 15 is 0 Å². The molecule has 2 aromatic carbocycles. The minimum atomic E-state index is 0.229. The molecule has 0 amide bonds. The molecule has 0 saturated carbocycles. The molecule has 1 unspecified atom stereocenters. The first-order valence-electron chi connectivity index (χ1n) is 7.05. The van der Waals surface area contributed by atoms with Crippen LogP contribution in [0, 0.1) is 0 Å². The Kier molecular flexibility index (Phi) is 2.97. The Hall–Kier alpha value is -2.20. The van der Waals surface area contributed by atoms with Gasteiger partial charge in [0.05, 0.1) is 6.04 Å². The Morgan fingerprint density at radius 2 is 1.95 bits per heavy atom. The molecule has 0 bridgehead atoms. The lowest BCUT2D eigenvalue weighted by atomic mass is 10.0. The normalized spacial score (nSPS) is 13.6. The number of nitrogens with zero attached hydrogens (tertiary/aromatic N) is 2. The average Bonchev–Trinajstić information content (AvgIpc) is 3.13. The molecule has 1 atom stereocenters. The number of benzene rings is 2. The molecule has 4 rings (SSSR count). The van der Waals surface area contributed by atoms with Crippen molar-refractivity contribution < 1.29 is 0 Å². The van der Waals surface area contributed by atoms with E-state index in [1.165, 1.54) is 39.2 Å². The number of aromatic nitrogens is 2. The lowest BCUT2D eigenvalue weighted by Gasteiger charge is -2.14. The summed E-state index contributed by atoms with van der Waals surface area (Å²) in [4.78, 5) is 0. The first-order chi connectivity index (χ1) is 10.3. The van der Waals surface area contributed by atoms with Crippen LogP contribution in [0.15, 0.2) is 48.0 Å². The van der Waals surface area contributed by atoms with E-state index in [0.717, 1.165) is 11.6 Å². The van der Waals surface area contributed by atoms with Gasteiger partial charge in [-0.05, 0) is 41.2 Å². The molecule has 0 aliphatic heterocycles. The zero-order valence-electron chi connectivity index (χ0n) is 11.7. The van der Waals surface area contributed by atoms with Crippen LogP contribution in [0.1, 0.15) is 29.7 Å². The van der Waals surface area contributed by atoms with Crippen LogP contribution in [-0.2, 0) is 6.42 Å². The fourth-order valence-electron chi connectivity index (χ4n) is 2.94. The van der Waals surface area contributed by atoms with Crippen molar-refractivity contribution in [3.63, 3.8) is 0 Å². The van der Waals surface area contributed by atoms with Gasteiger partial charge in [-0.15, -0.1) is 10.2 Å². The van der Waals surface area contributed by atoms with Crippen molar-refractivity contribution in [3.8, 4) is 11.1 Å². The third-order valence-corrected chi connectivity index (χ3v) is 4.64. The molecule has 1 aliphatic carbocycles. The maximum Gasteiger partial charge on any atom is 0.205 e. The molecule has 0 spiro atoms. The monoisotopic (exact) mass is 293 g/mol. The van der Waals surface area contributed by atoms with E-state index in [-0.39, 0.29) is 6.04 Å². The molecular weight excluding hydrogens is 278 g/mol. The summed E-state index contributed by atoms with van der Waals surface area (Å²) in [5.41, 5.74) is 8.63. The summed E-state index contributed by atoms with van der Waals surface area (Å²) in [6.07, 6.45) is 1.03. The second-order valence-corrected chi connectivity index (χ2v) is 6.19. The van der Waals surface area contributed by atoms with E-state index in [2.05, 4.69) is 64.9 Å². The Balaban J connectivity index is 1.64. The molecule has 3 nitrogen and oxygen atoms in total. The van der Waals surface area contributed by atoms with Gasteiger partial charge >= 0.3 is 0 Å². The number of rotatable bonds is 3. The summed E-state index contributed by atoms with van der Waals surface area (Å²) in [5, 5.41) is 12.2. The van der Waals surface area contributed by atoms with Crippen LogP contribution in [-0.4, -0.2) is 10.2 Å². The minimum Gasteiger partial charge on any atom is -0.354 e. The number of hydrogen-bond acceptors (Lipinski definition) is 4. The summed E-state index contributed by atoms with van der Waals surface area (Å²) in [7, 11) is 0. The van der Waals surface area contributed by atoms with Crippen molar-refractivity contribution in [1.29, 1.82) is 0 Å². The van der Waals surface area contributed by atoms with Crippen molar-refractivity contribution in [3.05, 3.63) is 64.7 Å². The van der Waals surface area contributed by atoms with Gasteiger partial charge in [0.2, 0.25) is 5.13 Å². The Labute approximate surface area is 127 Å². The third-order valence-electron chi connectivity index (χ3n) is 4.02. The van der Waals surface area contributed by atoms with Crippen LogP contribution in [0.25, 0.3) is 11.1 Å². The highest BCUT2D eigenvalue weighted by Crippen LogP contribution is 2.37. The Bertz CT molecular complexity index is 780. The van der Waals surface area contributed by atoms with E-state index in [0.29, 0.717) is 0 Å². The van der Waals surface area contributed by atoms with Crippen LogP contribution < -0.4 is 5.32 Å². The topological polar surface area (TPSA) is 37.8 Å². The highest BCUT2D eigenvalue weighted by Gasteiger charge is 2.19. The maximum atomic E-state index is 4.04. The van der Waals surface area contributed by atoms with Crippen molar-refractivity contribution in [2.24, 2.45) is 0 Å². The van der Waals surface area contributed by atoms with Crippen LogP contribution in [0.2, 0.25) is 0 Å². The van der Waals surface area contributed by atoms with E-state index < -0.39 is 0 Å². The number of hydrogen-bond donors (Lipinski definition) is 1. The predicted octanol–water partition coefficient (Wildman–Crippen LogP) is 4.28. The van der Waals surface area contributed by atoms with E-state index in [9.17, 15) is 0 Å². The van der Waals surface area contributed by atoms with Gasteiger partial charge in [-0.1, -0.05) is 53.8 Å². The van der Waals surface area contributed by atoms with Gasteiger partial charge in [0.25, 0.3) is 0 Å². The maximum absolute atomic E-state index is 4.04. The fraction of sp³-hybridized carbons (Fsp3) is 0.176. The molecule has 1 aliphatic rings. The molecule has 1 aromatic heterocycles. The van der Waals surface area contributed by atoms with Gasteiger partial charge in [-0.2, -0.15) is 0 Å². The second kappa shape index (κ2) is 4.97. The van der Waals surface area contributed by atoms with Crippen molar-refractivity contribution >= 4 is 16.5 Å². The van der Waals surface area contributed by atoms with Gasteiger partial charge < -0.3 is 5.32 Å². The van der Waals surface area contributed by atoms with Crippen molar-refractivity contribution in [1.82, 2.24) is 10.2 Å². The number of nitrogens with one attached hydrogen (secondary N) is 1. The second-order valence-electron chi connectivity index (χ2n) is 5.36. The number of anilines is 1. The molecule has 0 fully saturated rings. The molecular formula is C17H15N3S. The fourth-order valence-corrected chi connectivity index (χ4v) is 3.47. The molecule has 0 radical (unpaired) electrons. The molecule has 21 heavy (non-hydrogen) atoms. The highest BCUT2D eigenvalue weighted by atomic mass is 32.1. The summed E-state index contributed by atoms with van der Waals surface area (Å²) in [5.74, 6) is 0. The zero-order chi connectivity index (χ0) is 14.2. The van der Waals surface area contributed by atoms with Gasteiger partial charge in [0.1, 0.15) is 5.51 Å². The van der Waals surface area contributed by atoms with E-state index in [1.807, 2.05) is 0 Å². The van der Waals surface area contributed by atoms with Crippen molar-refractivity contribution in [2.75, 3.05) is 5.32 Å². The van der Waals surface area contributed by atoms with E-state index in [4.69, 9.17) is 0 Å². The summed E-state index contributed by atoms with van der Waals surface area (Å²) in [6.45, 7) is 2.16. The quantitative estimate of drug-likeness (QED) is 0.612. The first-order valence-corrected chi connectivity index (χ1v) is 7.93. The predicted molar refractivity (Wildman–Crippen MR) is 86.6 cm³/mol. The molecule has 4 heteroatoms. The summed E-state index contributed by atoms with van der Waals surface area (Å²) < 4.78 is 0. The minimum absolute atomic E-state index is 0.229. The Morgan fingerprint density at radius 3 is 2.81 bits per heavy atom. The van der Waals surface area contributed by atoms with Crippen LogP contribution in [0.5, 0.6) is 0 Å². The third kappa shape index (κ3) is 2.21. The zero-order valence-corrected chi connectivity index (χ0v) is 12.5. The SMILES string of the molecule is CC(Nc1nncs1)c1ccc2c(c1)Cc1ccccc1-2. The largest absolute Gasteiger partial charge is 0.354 e. The van der Waals surface area contributed by atoms with Gasteiger partial charge in [-0.3, -0.25) is 0 Å². The van der Waals surface area contributed by atoms with Gasteiger partial charge in [0.15, 0.2) is 0 Å². The summed E-state index contributed by atoms with van der Waals surface area (Å²) >= 11 is 1.53. The molecule has 104 valence electrons.